The van der Waals surface area contributed by atoms with Crippen molar-refractivity contribution in [2.75, 3.05) is 46.3 Å². The summed E-state index contributed by atoms with van der Waals surface area (Å²) in [5, 5.41) is 0. The number of benzene rings is 1. The maximum absolute atomic E-state index is 13.6. The minimum absolute atomic E-state index is 0.152. The van der Waals surface area contributed by atoms with E-state index in [9.17, 15) is 9.18 Å². The Morgan fingerprint density at radius 1 is 1.12 bits per heavy atom. The van der Waals surface area contributed by atoms with E-state index in [1.807, 2.05) is 11.0 Å². The first-order chi connectivity index (χ1) is 11.6. The number of rotatable bonds is 3. The van der Waals surface area contributed by atoms with Crippen LogP contribution in [0.5, 0.6) is 0 Å². The highest BCUT2D eigenvalue weighted by Crippen LogP contribution is 2.30. The van der Waals surface area contributed by atoms with Crippen molar-refractivity contribution in [3.63, 3.8) is 0 Å². The molecule has 0 aromatic heterocycles. The monoisotopic (exact) mass is 333 g/mol. The summed E-state index contributed by atoms with van der Waals surface area (Å²) in [7, 11) is 2.09. The van der Waals surface area contributed by atoms with Crippen LogP contribution in [0.3, 0.4) is 0 Å². The molecule has 0 aliphatic carbocycles. The van der Waals surface area contributed by atoms with Crippen LogP contribution in [0.4, 0.5) is 4.39 Å². The fourth-order valence-corrected chi connectivity index (χ4v) is 3.78. The van der Waals surface area contributed by atoms with Crippen molar-refractivity contribution in [2.24, 2.45) is 0 Å². The SMILES string of the molecule is CN1CCN(C(=O)CN2CCCCC[C@H]2c2cccc(F)c2)CC1. The predicted octanol–water partition coefficient (Wildman–Crippen LogP) is 2.52. The molecule has 1 aromatic rings. The van der Waals surface area contributed by atoms with Crippen LogP contribution in [-0.4, -0.2) is 66.9 Å². The summed E-state index contributed by atoms with van der Waals surface area (Å²) in [5.74, 6) is 0.0218. The minimum Gasteiger partial charge on any atom is -0.339 e. The zero-order chi connectivity index (χ0) is 16.9. The molecule has 0 bridgehead atoms. The first-order valence-electron chi connectivity index (χ1n) is 9.09. The lowest BCUT2D eigenvalue weighted by molar-refractivity contribution is -0.134. The number of likely N-dealkylation sites (N-methyl/N-ethyl adjacent to an activating group) is 1. The van der Waals surface area contributed by atoms with Gasteiger partial charge in [0, 0.05) is 32.2 Å². The summed E-state index contributed by atoms with van der Waals surface area (Å²) in [6.45, 7) is 4.88. The molecule has 0 N–H and O–H groups in total. The number of nitrogens with zero attached hydrogens (tertiary/aromatic N) is 3. The van der Waals surface area contributed by atoms with Crippen LogP contribution in [0.1, 0.15) is 37.3 Å². The van der Waals surface area contributed by atoms with Crippen LogP contribution >= 0.6 is 0 Å². The fourth-order valence-electron chi connectivity index (χ4n) is 3.78. The van der Waals surface area contributed by atoms with Gasteiger partial charge in [0.2, 0.25) is 5.91 Å². The molecule has 24 heavy (non-hydrogen) atoms. The lowest BCUT2D eigenvalue weighted by Gasteiger charge is -2.35. The highest BCUT2D eigenvalue weighted by molar-refractivity contribution is 5.78. The standard InChI is InChI=1S/C19H28FN3O/c1-21-10-12-22(13-11-21)19(24)15-23-9-4-2-3-8-18(23)16-6-5-7-17(20)14-16/h5-7,14,18H,2-4,8-13,15H2,1H3/t18-/m0/s1. The highest BCUT2D eigenvalue weighted by atomic mass is 19.1. The number of carbonyl (C=O) groups excluding carboxylic acids is 1. The van der Waals surface area contributed by atoms with Gasteiger partial charge < -0.3 is 9.80 Å². The molecule has 0 spiro atoms. The number of hydrogen-bond donors (Lipinski definition) is 0. The van der Waals surface area contributed by atoms with Gasteiger partial charge in [-0.15, -0.1) is 0 Å². The van der Waals surface area contributed by atoms with Gasteiger partial charge in [-0.05, 0) is 44.1 Å². The van der Waals surface area contributed by atoms with Crippen LogP contribution in [-0.2, 0) is 4.79 Å². The molecular formula is C19H28FN3O. The molecule has 0 unspecified atom stereocenters. The van der Waals surface area contributed by atoms with Gasteiger partial charge in [0.1, 0.15) is 5.82 Å². The number of likely N-dealkylation sites (tertiary alicyclic amines) is 1. The highest BCUT2D eigenvalue weighted by Gasteiger charge is 2.27. The Labute approximate surface area is 144 Å². The van der Waals surface area contributed by atoms with Crippen molar-refractivity contribution in [2.45, 2.75) is 31.7 Å². The molecule has 1 amide bonds. The van der Waals surface area contributed by atoms with Crippen molar-refractivity contribution in [3.05, 3.63) is 35.6 Å². The molecule has 2 fully saturated rings. The van der Waals surface area contributed by atoms with Crippen LogP contribution in [0.15, 0.2) is 24.3 Å². The van der Waals surface area contributed by atoms with E-state index in [4.69, 9.17) is 0 Å². The largest absolute Gasteiger partial charge is 0.339 e. The molecule has 5 heteroatoms. The minimum atomic E-state index is -0.193. The molecule has 0 radical (unpaired) electrons. The maximum atomic E-state index is 13.6. The number of carbonyl (C=O) groups is 1. The Bertz CT molecular complexity index is 557. The van der Waals surface area contributed by atoms with E-state index < -0.39 is 0 Å². The van der Waals surface area contributed by atoms with E-state index in [0.717, 1.165) is 57.5 Å². The lowest BCUT2D eigenvalue weighted by atomic mass is 10.0. The fraction of sp³-hybridized carbons (Fsp3) is 0.632. The maximum Gasteiger partial charge on any atom is 0.236 e. The Hall–Kier alpha value is -1.46. The second kappa shape index (κ2) is 8.08. The normalized spacial score (nSPS) is 23.9. The third-order valence-corrected chi connectivity index (χ3v) is 5.29. The first-order valence-corrected chi connectivity index (χ1v) is 9.09. The van der Waals surface area contributed by atoms with Crippen LogP contribution in [0, 0.1) is 5.82 Å². The summed E-state index contributed by atoms with van der Waals surface area (Å²) in [5.41, 5.74) is 1.00. The number of halogens is 1. The lowest BCUT2D eigenvalue weighted by Crippen LogP contribution is -2.50. The summed E-state index contributed by atoms with van der Waals surface area (Å²) >= 11 is 0. The summed E-state index contributed by atoms with van der Waals surface area (Å²) in [6.07, 6.45) is 4.44. The third-order valence-electron chi connectivity index (χ3n) is 5.29. The Balaban J connectivity index is 1.69. The molecule has 1 atom stereocenters. The molecule has 2 saturated heterocycles. The second-order valence-electron chi connectivity index (χ2n) is 7.07. The quantitative estimate of drug-likeness (QED) is 0.850. The molecule has 1 aromatic carbocycles. The van der Waals surface area contributed by atoms with Crippen molar-refractivity contribution >= 4 is 5.91 Å². The zero-order valence-corrected chi connectivity index (χ0v) is 14.6. The first kappa shape index (κ1) is 17.4. The predicted molar refractivity (Wildman–Crippen MR) is 93.3 cm³/mol. The molecule has 0 saturated carbocycles. The van der Waals surface area contributed by atoms with E-state index in [-0.39, 0.29) is 17.8 Å². The Morgan fingerprint density at radius 2 is 1.92 bits per heavy atom. The number of piperazine rings is 1. The van der Waals surface area contributed by atoms with Gasteiger partial charge in [-0.25, -0.2) is 4.39 Å². The molecular weight excluding hydrogens is 305 g/mol. The van der Waals surface area contributed by atoms with E-state index in [1.165, 1.54) is 12.5 Å². The zero-order valence-electron chi connectivity index (χ0n) is 14.6. The molecule has 2 heterocycles. The van der Waals surface area contributed by atoms with Gasteiger partial charge in [0.15, 0.2) is 0 Å². The third kappa shape index (κ3) is 4.33. The summed E-state index contributed by atoms with van der Waals surface area (Å²) in [4.78, 5) is 19.2. The van der Waals surface area contributed by atoms with Gasteiger partial charge in [-0.2, -0.15) is 0 Å². The smallest absolute Gasteiger partial charge is 0.236 e. The van der Waals surface area contributed by atoms with E-state index in [2.05, 4.69) is 16.8 Å². The van der Waals surface area contributed by atoms with Gasteiger partial charge in [-0.3, -0.25) is 9.69 Å². The molecule has 4 nitrogen and oxygen atoms in total. The van der Waals surface area contributed by atoms with Crippen molar-refractivity contribution in [3.8, 4) is 0 Å². The average Bonchev–Trinajstić information content (AvgIpc) is 2.81. The average molecular weight is 333 g/mol. The van der Waals surface area contributed by atoms with Gasteiger partial charge in [0.25, 0.3) is 0 Å². The Morgan fingerprint density at radius 3 is 2.67 bits per heavy atom. The Kier molecular flexibility index (Phi) is 5.85. The van der Waals surface area contributed by atoms with Crippen LogP contribution in [0.25, 0.3) is 0 Å². The van der Waals surface area contributed by atoms with E-state index in [0.29, 0.717) is 6.54 Å². The van der Waals surface area contributed by atoms with Crippen molar-refractivity contribution in [1.29, 1.82) is 0 Å². The van der Waals surface area contributed by atoms with E-state index >= 15 is 0 Å². The number of amides is 1. The van der Waals surface area contributed by atoms with Gasteiger partial charge in [-0.1, -0.05) is 25.0 Å². The van der Waals surface area contributed by atoms with Crippen molar-refractivity contribution < 1.29 is 9.18 Å². The second-order valence-corrected chi connectivity index (χ2v) is 7.07. The van der Waals surface area contributed by atoms with Gasteiger partial charge >= 0.3 is 0 Å². The van der Waals surface area contributed by atoms with Gasteiger partial charge in [0.05, 0.1) is 6.54 Å². The molecule has 2 aliphatic heterocycles. The summed E-state index contributed by atoms with van der Waals surface area (Å²) in [6, 6.07) is 7.03. The topological polar surface area (TPSA) is 26.8 Å². The number of hydrogen-bond acceptors (Lipinski definition) is 3. The van der Waals surface area contributed by atoms with Crippen LogP contribution in [0.2, 0.25) is 0 Å². The van der Waals surface area contributed by atoms with Crippen LogP contribution < -0.4 is 0 Å². The summed E-state index contributed by atoms with van der Waals surface area (Å²) < 4.78 is 13.6. The van der Waals surface area contributed by atoms with E-state index in [1.54, 1.807) is 12.1 Å². The molecule has 132 valence electrons. The molecule has 2 aliphatic rings. The molecule has 3 rings (SSSR count). The van der Waals surface area contributed by atoms with Crippen molar-refractivity contribution in [1.82, 2.24) is 14.7 Å².